The van der Waals surface area contributed by atoms with Crippen molar-refractivity contribution in [1.82, 2.24) is 15.1 Å². The van der Waals surface area contributed by atoms with Crippen molar-refractivity contribution in [2.45, 2.75) is 12.6 Å². The third kappa shape index (κ3) is 3.35. The Bertz CT molecular complexity index is 323. The van der Waals surface area contributed by atoms with E-state index in [1.165, 1.54) is 11.3 Å². The highest BCUT2D eigenvalue weighted by Gasteiger charge is 2.17. The van der Waals surface area contributed by atoms with Crippen molar-refractivity contribution in [1.29, 1.82) is 0 Å². The van der Waals surface area contributed by atoms with E-state index in [-0.39, 0.29) is 0 Å². The molecule has 1 atom stereocenters. The second kappa shape index (κ2) is 5.18. The number of aliphatic hydroxyl groups is 1. The zero-order valence-corrected chi connectivity index (χ0v) is 9.67. The van der Waals surface area contributed by atoms with E-state index in [4.69, 9.17) is 16.3 Å². The Balaban J connectivity index is 1.92. The minimum Gasteiger partial charge on any atom is -0.389 e. The first kappa shape index (κ1) is 11.2. The molecule has 0 bridgehead atoms. The molecule has 2 heterocycles. The lowest BCUT2D eigenvalue weighted by atomic mass is 10.3. The molecule has 0 amide bonds. The molecule has 1 aliphatic rings. The Hall–Kier alpha value is -0.270. The molecule has 1 saturated heterocycles. The number of rotatable bonds is 2. The summed E-state index contributed by atoms with van der Waals surface area (Å²) in [5, 5.41) is 18.1. The summed E-state index contributed by atoms with van der Waals surface area (Å²) >= 11 is 7.06. The van der Waals surface area contributed by atoms with Gasteiger partial charge >= 0.3 is 0 Å². The average Bonchev–Trinajstić information content (AvgIpc) is 2.46. The lowest BCUT2D eigenvalue weighted by molar-refractivity contribution is 0.0562. The van der Waals surface area contributed by atoms with Crippen molar-refractivity contribution in [3.05, 3.63) is 9.47 Å². The minimum absolute atomic E-state index is 0.410. The fourth-order valence-corrected chi connectivity index (χ4v) is 2.40. The highest BCUT2D eigenvalue weighted by molar-refractivity contribution is 7.15. The number of hydrogen-bond acceptors (Lipinski definition) is 6. The summed E-state index contributed by atoms with van der Waals surface area (Å²) in [5.74, 6) is 0. The largest absolute Gasteiger partial charge is 0.389 e. The SMILES string of the molecule is OC1COCCN(Cc2nnc(Cl)s2)C1. The number of halogens is 1. The summed E-state index contributed by atoms with van der Waals surface area (Å²) in [6, 6.07) is 0. The van der Waals surface area contributed by atoms with Gasteiger partial charge < -0.3 is 9.84 Å². The fourth-order valence-electron chi connectivity index (χ4n) is 1.49. The average molecular weight is 250 g/mol. The molecule has 0 spiro atoms. The summed E-state index contributed by atoms with van der Waals surface area (Å²) in [5.41, 5.74) is 0. The van der Waals surface area contributed by atoms with E-state index >= 15 is 0 Å². The highest BCUT2D eigenvalue weighted by atomic mass is 35.5. The standard InChI is InChI=1S/C8H12ClN3O2S/c9-8-11-10-7(15-8)4-12-1-2-14-5-6(13)3-12/h6,13H,1-5H2. The highest BCUT2D eigenvalue weighted by Crippen LogP contribution is 2.17. The van der Waals surface area contributed by atoms with Crippen LogP contribution in [0.4, 0.5) is 0 Å². The molecule has 7 heteroatoms. The van der Waals surface area contributed by atoms with Gasteiger partial charge in [-0.2, -0.15) is 0 Å². The van der Waals surface area contributed by atoms with Gasteiger partial charge in [-0.05, 0) is 11.6 Å². The van der Waals surface area contributed by atoms with E-state index in [0.29, 0.717) is 30.8 Å². The predicted octanol–water partition coefficient (Wildman–Crippen LogP) is 0.385. The van der Waals surface area contributed by atoms with Crippen LogP contribution < -0.4 is 0 Å². The maximum atomic E-state index is 9.52. The lowest BCUT2D eigenvalue weighted by Crippen LogP contribution is -2.32. The topological polar surface area (TPSA) is 58.5 Å². The smallest absolute Gasteiger partial charge is 0.207 e. The second-order valence-electron chi connectivity index (χ2n) is 3.41. The van der Waals surface area contributed by atoms with E-state index < -0.39 is 6.10 Å². The van der Waals surface area contributed by atoms with Gasteiger partial charge in [0.1, 0.15) is 5.01 Å². The molecule has 1 N–H and O–H groups in total. The van der Waals surface area contributed by atoms with Crippen LogP contribution in [-0.2, 0) is 11.3 Å². The van der Waals surface area contributed by atoms with Crippen LogP contribution in [0.5, 0.6) is 0 Å². The zero-order valence-electron chi connectivity index (χ0n) is 8.10. The van der Waals surface area contributed by atoms with Crippen LogP contribution in [0.15, 0.2) is 0 Å². The molecule has 5 nitrogen and oxygen atoms in total. The molecule has 1 aromatic heterocycles. The Labute approximate surface area is 96.6 Å². The van der Waals surface area contributed by atoms with Gasteiger partial charge in [0.2, 0.25) is 4.47 Å². The maximum Gasteiger partial charge on any atom is 0.207 e. The van der Waals surface area contributed by atoms with E-state index in [9.17, 15) is 5.11 Å². The first-order valence-corrected chi connectivity index (χ1v) is 5.89. The van der Waals surface area contributed by atoms with Crippen molar-refractivity contribution in [2.24, 2.45) is 0 Å². The van der Waals surface area contributed by atoms with Gasteiger partial charge in [-0.3, -0.25) is 4.90 Å². The summed E-state index contributed by atoms with van der Waals surface area (Å²) in [7, 11) is 0. The molecule has 1 aromatic rings. The van der Waals surface area contributed by atoms with Gasteiger partial charge in [0.15, 0.2) is 0 Å². The molecule has 0 aliphatic carbocycles. The van der Waals surface area contributed by atoms with Gasteiger partial charge in [-0.1, -0.05) is 11.3 Å². The minimum atomic E-state index is -0.420. The fraction of sp³-hybridized carbons (Fsp3) is 0.750. The van der Waals surface area contributed by atoms with Crippen LogP contribution in [-0.4, -0.2) is 52.6 Å². The molecule has 84 valence electrons. The van der Waals surface area contributed by atoms with E-state index in [1.54, 1.807) is 0 Å². The third-order valence-electron chi connectivity index (χ3n) is 2.13. The molecular weight excluding hydrogens is 238 g/mol. The molecule has 15 heavy (non-hydrogen) atoms. The molecule has 0 aromatic carbocycles. The maximum absolute atomic E-state index is 9.52. The summed E-state index contributed by atoms with van der Waals surface area (Å²) in [6.07, 6.45) is -0.420. The van der Waals surface area contributed by atoms with Gasteiger partial charge in [0.25, 0.3) is 0 Å². The first-order valence-electron chi connectivity index (χ1n) is 4.70. The Kier molecular flexibility index (Phi) is 3.87. The van der Waals surface area contributed by atoms with Gasteiger partial charge in [-0.25, -0.2) is 0 Å². The number of ether oxygens (including phenoxy) is 1. The molecular formula is C8H12ClN3O2S. The van der Waals surface area contributed by atoms with Crippen LogP contribution >= 0.6 is 22.9 Å². The number of aliphatic hydroxyl groups excluding tert-OH is 1. The monoisotopic (exact) mass is 249 g/mol. The first-order chi connectivity index (χ1) is 7.24. The van der Waals surface area contributed by atoms with E-state index in [1.807, 2.05) is 0 Å². The normalized spacial score (nSPS) is 24.0. The number of nitrogens with zero attached hydrogens (tertiary/aromatic N) is 3. The summed E-state index contributed by atoms with van der Waals surface area (Å²) in [4.78, 5) is 2.09. The molecule has 2 rings (SSSR count). The Morgan fingerprint density at radius 3 is 3.20 bits per heavy atom. The number of β-amino-alcohol motifs (C(OH)–C–C–N with tert-alkyl or cyclic N) is 1. The van der Waals surface area contributed by atoms with Crippen molar-refractivity contribution in [3.63, 3.8) is 0 Å². The third-order valence-corrected chi connectivity index (χ3v) is 3.14. The lowest BCUT2D eigenvalue weighted by Gasteiger charge is -2.18. The van der Waals surface area contributed by atoms with Crippen molar-refractivity contribution < 1.29 is 9.84 Å². The second-order valence-corrected chi connectivity index (χ2v) is 5.06. The van der Waals surface area contributed by atoms with Crippen LogP contribution in [0.25, 0.3) is 0 Å². The Morgan fingerprint density at radius 1 is 1.60 bits per heavy atom. The van der Waals surface area contributed by atoms with Crippen LogP contribution in [0, 0.1) is 0 Å². The van der Waals surface area contributed by atoms with Gasteiger partial charge in [-0.15, -0.1) is 10.2 Å². The van der Waals surface area contributed by atoms with Gasteiger partial charge in [0, 0.05) is 13.1 Å². The molecule has 1 fully saturated rings. The molecule has 1 aliphatic heterocycles. The summed E-state index contributed by atoms with van der Waals surface area (Å²) in [6.45, 7) is 3.13. The van der Waals surface area contributed by atoms with E-state index in [2.05, 4.69) is 15.1 Å². The summed E-state index contributed by atoms with van der Waals surface area (Å²) < 4.78 is 5.68. The zero-order chi connectivity index (χ0) is 10.7. The Morgan fingerprint density at radius 2 is 2.47 bits per heavy atom. The predicted molar refractivity (Wildman–Crippen MR) is 57.0 cm³/mol. The van der Waals surface area contributed by atoms with Gasteiger partial charge in [0.05, 0.1) is 25.9 Å². The van der Waals surface area contributed by atoms with Crippen LogP contribution in [0.2, 0.25) is 4.47 Å². The molecule has 0 saturated carbocycles. The quantitative estimate of drug-likeness (QED) is 0.822. The van der Waals surface area contributed by atoms with Crippen molar-refractivity contribution in [3.8, 4) is 0 Å². The van der Waals surface area contributed by atoms with Crippen LogP contribution in [0.3, 0.4) is 0 Å². The number of aromatic nitrogens is 2. The van der Waals surface area contributed by atoms with Crippen LogP contribution in [0.1, 0.15) is 5.01 Å². The van der Waals surface area contributed by atoms with Crippen molar-refractivity contribution in [2.75, 3.05) is 26.3 Å². The molecule has 0 radical (unpaired) electrons. The van der Waals surface area contributed by atoms with E-state index in [0.717, 1.165) is 11.6 Å². The molecule has 1 unspecified atom stereocenters. The van der Waals surface area contributed by atoms with Crippen molar-refractivity contribution >= 4 is 22.9 Å². The number of hydrogen-bond donors (Lipinski definition) is 1.